The fourth-order valence-electron chi connectivity index (χ4n) is 7.34. The number of fused-ring (bicyclic) bond motifs is 5. The van der Waals surface area contributed by atoms with Gasteiger partial charge in [0.15, 0.2) is 12.4 Å². The molecule has 5 heteroatoms. The van der Waals surface area contributed by atoms with Crippen molar-refractivity contribution < 1.29 is 24.2 Å². The Kier molecular flexibility index (Phi) is 5.25. The van der Waals surface area contributed by atoms with Gasteiger partial charge in [-0.1, -0.05) is 26.3 Å². The maximum Gasteiger partial charge on any atom is 0.305 e. The highest BCUT2D eigenvalue weighted by atomic mass is 16.5. The molecule has 0 heterocycles. The van der Waals surface area contributed by atoms with E-state index in [1.54, 1.807) is 6.92 Å². The highest BCUT2D eigenvalue weighted by molar-refractivity contribution is 5.92. The van der Waals surface area contributed by atoms with Crippen LogP contribution >= 0.6 is 0 Å². The molecule has 3 saturated carbocycles. The van der Waals surface area contributed by atoms with E-state index >= 15 is 0 Å². The zero-order chi connectivity index (χ0) is 21.0. The Balaban J connectivity index is 1.57. The maximum atomic E-state index is 13.0. The highest BCUT2D eigenvalue weighted by Crippen LogP contribution is 2.65. The van der Waals surface area contributed by atoms with Gasteiger partial charge in [0, 0.05) is 18.3 Å². The summed E-state index contributed by atoms with van der Waals surface area (Å²) in [7, 11) is 0. The molecular weight excluding hydrogens is 368 g/mol. The number of carbonyl (C=O) groups excluding carboxylic acids is 3. The minimum absolute atomic E-state index is 0.229. The topological polar surface area (TPSA) is 80.7 Å². The van der Waals surface area contributed by atoms with E-state index in [2.05, 4.69) is 13.8 Å². The van der Waals surface area contributed by atoms with Crippen LogP contribution in [0.25, 0.3) is 0 Å². The number of ether oxygens (including phenoxy) is 1. The van der Waals surface area contributed by atoms with Crippen molar-refractivity contribution in [1.29, 1.82) is 0 Å². The number of hydrogen-bond acceptors (Lipinski definition) is 5. The molecule has 0 spiro atoms. The zero-order valence-corrected chi connectivity index (χ0v) is 17.9. The van der Waals surface area contributed by atoms with Gasteiger partial charge in [-0.2, -0.15) is 0 Å². The predicted molar refractivity (Wildman–Crippen MR) is 108 cm³/mol. The fraction of sp³-hybridized carbons (Fsp3) is 0.792. The van der Waals surface area contributed by atoms with E-state index in [-0.39, 0.29) is 24.6 Å². The monoisotopic (exact) mass is 402 g/mol. The minimum atomic E-state index is -1.40. The number of Topliss-reactive ketones (excluding diaryl/α,β-unsaturated/α-hetero) is 1. The van der Waals surface area contributed by atoms with Gasteiger partial charge >= 0.3 is 5.97 Å². The molecule has 0 unspecified atom stereocenters. The number of aliphatic hydroxyl groups is 1. The van der Waals surface area contributed by atoms with Crippen LogP contribution in [0.1, 0.15) is 72.1 Å². The standard InChI is InChI=1S/C24H34O5/c1-4-22(27)29-13-21(26)24(28)10-8-20-19-11-14(2)18-12-15(25)5-6-16(18)17(19)7-9-23(20,24)3/h12,14,16-17,19-20,28H,4-11,13H2,1-3H3/t14-,16-,17-,19+,20-,23-,24-/m0/s1. The van der Waals surface area contributed by atoms with Crippen molar-refractivity contribution in [3.63, 3.8) is 0 Å². The largest absolute Gasteiger partial charge is 0.458 e. The molecule has 0 saturated heterocycles. The van der Waals surface area contributed by atoms with Gasteiger partial charge in [-0.15, -0.1) is 0 Å². The molecule has 0 bridgehead atoms. The smallest absolute Gasteiger partial charge is 0.305 e. The predicted octanol–water partition coefficient (Wildman–Crippen LogP) is 3.63. The summed E-state index contributed by atoms with van der Waals surface area (Å²) in [6, 6.07) is 0. The average Bonchev–Trinajstić information content (AvgIpc) is 2.98. The first-order chi connectivity index (χ1) is 13.7. The van der Waals surface area contributed by atoms with Crippen molar-refractivity contribution in [1.82, 2.24) is 0 Å². The molecule has 4 aliphatic rings. The van der Waals surface area contributed by atoms with Crippen molar-refractivity contribution in [3.05, 3.63) is 11.6 Å². The SMILES string of the molecule is CCC(=O)OCC(=O)[C@@]1(O)CC[C@H]2[C@@H]3C[C@H](C)C4=CC(=O)CC[C@H]4[C@@H]3CC[C@@]21C. The lowest BCUT2D eigenvalue weighted by Gasteiger charge is -2.56. The van der Waals surface area contributed by atoms with E-state index in [1.807, 2.05) is 6.08 Å². The number of ketones is 2. The second kappa shape index (κ2) is 7.33. The van der Waals surface area contributed by atoms with E-state index < -0.39 is 17.0 Å². The van der Waals surface area contributed by atoms with Crippen LogP contribution < -0.4 is 0 Å². The third-order valence-electron chi connectivity index (χ3n) is 8.93. The molecule has 0 aromatic heterocycles. The summed E-state index contributed by atoms with van der Waals surface area (Å²) >= 11 is 0. The Morgan fingerprint density at radius 2 is 1.97 bits per heavy atom. The zero-order valence-electron chi connectivity index (χ0n) is 17.9. The first-order valence-electron chi connectivity index (χ1n) is 11.4. The summed E-state index contributed by atoms with van der Waals surface area (Å²) in [6.07, 6.45) is 7.90. The lowest BCUT2D eigenvalue weighted by atomic mass is 9.49. The van der Waals surface area contributed by atoms with Crippen LogP contribution in [-0.2, 0) is 19.1 Å². The number of rotatable bonds is 4. The van der Waals surface area contributed by atoms with Crippen LogP contribution in [0.3, 0.4) is 0 Å². The van der Waals surface area contributed by atoms with E-state index in [0.29, 0.717) is 42.4 Å². The molecule has 0 aromatic carbocycles. The van der Waals surface area contributed by atoms with Gasteiger partial charge in [-0.3, -0.25) is 14.4 Å². The van der Waals surface area contributed by atoms with Crippen LogP contribution in [0.2, 0.25) is 0 Å². The summed E-state index contributed by atoms with van der Waals surface area (Å²) in [6.45, 7) is 5.69. The fourth-order valence-corrected chi connectivity index (χ4v) is 7.34. The van der Waals surface area contributed by atoms with Crippen LogP contribution in [0.5, 0.6) is 0 Å². The average molecular weight is 403 g/mol. The van der Waals surface area contributed by atoms with Crippen molar-refractivity contribution >= 4 is 17.5 Å². The molecular formula is C24H34O5. The molecule has 0 aromatic rings. The van der Waals surface area contributed by atoms with Crippen LogP contribution in [-0.4, -0.2) is 34.9 Å². The van der Waals surface area contributed by atoms with Gasteiger partial charge in [-0.25, -0.2) is 0 Å². The van der Waals surface area contributed by atoms with E-state index in [1.165, 1.54) is 5.57 Å². The van der Waals surface area contributed by atoms with Gasteiger partial charge in [0.2, 0.25) is 5.78 Å². The summed E-state index contributed by atoms with van der Waals surface area (Å²) in [5.74, 6) is 1.75. The van der Waals surface area contributed by atoms with Crippen molar-refractivity contribution in [2.24, 2.45) is 35.0 Å². The number of esters is 1. The van der Waals surface area contributed by atoms with E-state index in [9.17, 15) is 19.5 Å². The van der Waals surface area contributed by atoms with Crippen molar-refractivity contribution in [2.45, 2.75) is 77.7 Å². The summed E-state index contributed by atoms with van der Waals surface area (Å²) in [5.41, 5.74) is -0.518. The lowest BCUT2D eigenvalue weighted by Crippen LogP contribution is -2.57. The molecule has 160 valence electrons. The van der Waals surface area contributed by atoms with Gasteiger partial charge in [0.25, 0.3) is 0 Å². The number of allylic oxidation sites excluding steroid dienone is 1. The quantitative estimate of drug-likeness (QED) is 0.727. The van der Waals surface area contributed by atoms with E-state index in [4.69, 9.17) is 4.74 Å². The summed E-state index contributed by atoms with van der Waals surface area (Å²) in [5, 5.41) is 11.5. The first kappa shape index (κ1) is 20.8. The Morgan fingerprint density at radius 3 is 2.69 bits per heavy atom. The first-order valence-corrected chi connectivity index (χ1v) is 11.4. The molecule has 1 N–H and O–H groups in total. The third kappa shape index (κ3) is 3.11. The number of hydrogen-bond donors (Lipinski definition) is 1. The molecule has 3 fully saturated rings. The molecule has 0 aliphatic heterocycles. The van der Waals surface area contributed by atoms with Crippen molar-refractivity contribution in [3.8, 4) is 0 Å². The summed E-state index contributed by atoms with van der Waals surface area (Å²) in [4.78, 5) is 36.4. The Bertz CT molecular complexity index is 754. The van der Waals surface area contributed by atoms with E-state index in [0.717, 1.165) is 32.1 Å². The second-order valence-electron chi connectivity index (χ2n) is 10.1. The molecule has 4 aliphatic carbocycles. The lowest BCUT2D eigenvalue weighted by molar-refractivity contribution is -0.168. The maximum absolute atomic E-state index is 13.0. The van der Waals surface area contributed by atoms with Crippen LogP contribution in [0.15, 0.2) is 11.6 Å². The van der Waals surface area contributed by atoms with Crippen molar-refractivity contribution in [2.75, 3.05) is 6.61 Å². The highest BCUT2D eigenvalue weighted by Gasteiger charge is 2.65. The number of carbonyl (C=O) groups is 3. The third-order valence-corrected chi connectivity index (χ3v) is 8.93. The van der Waals surface area contributed by atoms with Gasteiger partial charge in [0.1, 0.15) is 5.60 Å². The summed E-state index contributed by atoms with van der Waals surface area (Å²) < 4.78 is 5.07. The molecule has 29 heavy (non-hydrogen) atoms. The molecule has 5 nitrogen and oxygen atoms in total. The molecule has 4 rings (SSSR count). The molecule has 0 amide bonds. The Labute approximate surface area is 173 Å². The van der Waals surface area contributed by atoms with Crippen LogP contribution in [0, 0.1) is 35.0 Å². The normalized spacial score (nSPS) is 43.7. The Hall–Kier alpha value is -1.49. The molecule has 0 radical (unpaired) electrons. The van der Waals surface area contributed by atoms with Gasteiger partial charge in [-0.05, 0) is 74.2 Å². The van der Waals surface area contributed by atoms with Crippen LogP contribution in [0.4, 0.5) is 0 Å². The van der Waals surface area contributed by atoms with Gasteiger partial charge < -0.3 is 9.84 Å². The minimum Gasteiger partial charge on any atom is -0.458 e. The Morgan fingerprint density at radius 1 is 1.21 bits per heavy atom. The van der Waals surface area contributed by atoms with Gasteiger partial charge in [0.05, 0.1) is 0 Å². The molecule has 7 atom stereocenters. The second-order valence-corrected chi connectivity index (χ2v) is 10.1.